The molecule has 8 unspecified atom stereocenters. The fraction of sp³-hybridized carbons (Fsp3) is 0.926. The molecule has 0 radical (unpaired) electrons. The van der Waals surface area contributed by atoms with E-state index in [-0.39, 0.29) is 0 Å². The molecule has 0 bridgehead atoms. The summed E-state index contributed by atoms with van der Waals surface area (Å²) in [6, 6.07) is 0.701. The van der Waals surface area contributed by atoms with Crippen molar-refractivity contribution in [2.45, 2.75) is 110 Å². The molecule has 166 valence electrons. The first kappa shape index (κ1) is 21.9. The number of hydrogen-bond acceptors (Lipinski definition) is 2. The minimum atomic E-state index is -0.518. The van der Waals surface area contributed by atoms with Crippen LogP contribution in [0, 0.1) is 40.4 Å². The van der Waals surface area contributed by atoms with Gasteiger partial charge in [0.15, 0.2) is 0 Å². The number of rotatable bonds is 5. The predicted molar refractivity (Wildman–Crippen MR) is 123 cm³/mol. The second-order valence-corrected chi connectivity index (χ2v) is 12.5. The lowest BCUT2D eigenvalue weighted by atomic mass is 9.47. The Morgan fingerprint density at radius 1 is 1.14 bits per heavy atom. The van der Waals surface area contributed by atoms with Crippen LogP contribution < -0.4 is 5.32 Å². The molecule has 0 amide bonds. The van der Waals surface area contributed by atoms with Gasteiger partial charge in [-0.15, -0.1) is 0 Å². The minimum Gasteiger partial charge on any atom is -0.390 e. The van der Waals surface area contributed by atoms with Crippen LogP contribution in [0.2, 0.25) is 0 Å². The lowest BCUT2D eigenvalue weighted by Gasteiger charge is -2.58. The van der Waals surface area contributed by atoms with E-state index in [0.29, 0.717) is 16.9 Å². The average molecular weight is 402 g/mol. The van der Waals surface area contributed by atoms with Crippen LogP contribution in [-0.4, -0.2) is 23.8 Å². The predicted octanol–water partition coefficient (Wildman–Crippen LogP) is 6.34. The molecule has 29 heavy (non-hydrogen) atoms. The average Bonchev–Trinajstić information content (AvgIpc) is 3.02. The maximum atomic E-state index is 10.2. The van der Waals surface area contributed by atoms with Crippen LogP contribution in [0.15, 0.2) is 11.6 Å². The van der Waals surface area contributed by atoms with E-state index in [9.17, 15) is 5.11 Å². The number of allylic oxidation sites excluding steroid dienone is 1. The van der Waals surface area contributed by atoms with Crippen LogP contribution in [0.1, 0.15) is 98.8 Å². The molecule has 4 aliphatic rings. The van der Waals surface area contributed by atoms with Gasteiger partial charge in [0.05, 0.1) is 5.60 Å². The van der Waals surface area contributed by atoms with E-state index < -0.39 is 5.60 Å². The van der Waals surface area contributed by atoms with Crippen molar-refractivity contribution in [3.05, 3.63) is 11.6 Å². The SMILES string of the molecule is CNC1CCC2(C)C(=CCC3C2CCC2(C)C(C(C)CCC(C)(C)O)CCC32)C1. The molecule has 4 rings (SSSR count). The Morgan fingerprint density at radius 3 is 2.59 bits per heavy atom. The van der Waals surface area contributed by atoms with Gasteiger partial charge in [-0.1, -0.05) is 32.4 Å². The van der Waals surface area contributed by atoms with Crippen molar-refractivity contribution in [1.29, 1.82) is 0 Å². The van der Waals surface area contributed by atoms with Gasteiger partial charge in [0.2, 0.25) is 0 Å². The van der Waals surface area contributed by atoms with E-state index in [1.165, 1.54) is 57.8 Å². The van der Waals surface area contributed by atoms with Crippen LogP contribution in [-0.2, 0) is 0 Å². The van der Waals surface area contributed by atoms with Gasteiger partial charge in [-0.3, -0.25) is 0 Å². The van der Waals surface area contributed by atoms with Crippen LogP contribution in [0.4, 0.5) is 0 Å². The van der Waals surface area contributed by atoms with Gasteiger partial charge in [-0.05, 0) is 126 Å². The molecule has 0 spiro atoms. The van der Waals surface area contributed by atoms with Crippen molar-refractivity contribution in [2.24, 2.45) is 40.4 Å². The number of fused-ring (bicyclic) bond motifs is 5. The standard InChI is InChI=1S/C27H47NO/c1-18(11-14-25(2,3)29)22-9-10-23-21-8-7-19-17-20(28-6)12-15-26(19,4)24(21)13-16-27(22,23)5/h7,18,20-24,28-29H,8-17H2,1-6H3. The van der Waals surface area contributed by atoms with Gasteiger partial charge in [-0.25, -0.2) is 0 Å². The second-order valence-electron chi connectivity index (χ2n) is 12.5. The summed E-state index contributed by atoms with van der Waals surface area (Å²) >= 11 is 0. The first-order valence-electron chi connectivity index (χ1n) is 12.7. The van der Waals surface area contributed by atoms with Crippen LogP contribution in [0.3, 0.4) is 0 Å². The summed E-state index contributed by atoms with van der Waals surface area (Å²) in [7, 11) is 2.14. The first-order chi connectivity index (χ1) is 13.6. The van der Waals surface area contributed by atoms with Crippen LogP contribution in [0.5, 0.6) is 0 Å². The molecule has 3 saturated carbocycles. The molecule has 0 heterocycles. The topological polar surface area (TPSA) is 32.3 Å². The van der Waals surface area contributed by atoms with E-state index in [2.05, 4.69) is 39.2 Å². The lowest BCUT2D eigenvalue weighted by molar-refractivity contribution is -0.0528. The maximum Gasteiger partial charge on any atom is 0.0591 e. The number of nitrogens with one attached hydrogen (secondary N) is 1. The molecule has 0 aromatic rings. The van der Waals surface area contributed by atoms with Crippen LogP contribution >= 0.6 is 0 Å². The zero-order chi connectivity index (χ0) is 21.0. The molecule has 0 aromatic heterocycles. The van der Waals surface area contributed by atoms with Crippen molar-refractivity contribution in [3.63, 3.8) is 0 Å². The molecular weight excluding hydrogens is 354 g/mol. The molecule has 2 heteroatoms. The van der Waals surface area contributed by atoms with E-state index in [1.807, 2.05) is 13.8 Å². The Bertz CT molecular complexity index is 633. The van der Waals surface area contributed by atoms with Crippen molar-refractivity contribution in [3.8, 4) is 0 Å². The molecule has 2 N–H and O–H groups in total. The zero-order valence-corrected chi connectivity index (χ0v) is 20.1. The van der Waals surface area contributed by atoms with Crippen molar-refractivity contribution in [1.82, 2.24) is 5.32 Å². The highest BCUT2D eigenvalue weighted by Crippen LogP contribution is 2.67. The summed E-state index contributed by atoms with van der Waals surface area (Å²) in [4.78, 5) is 0. The number of hydrogen-bond donors (Lipinski definition) is 2. The lowest BCUT2D eigenvalue weighted by Crippen LogP contribution is -2.51. The summed E-state index contributed by atoms with van der Waals surface area (Å²) in [6.07, 6.45) is 15.9. The Kier molecular flexibility index (Phi) is 5.78. The smallest absolute Gasteiger partial charge is 0.0591 e. The Morgan fingerprint density at radius 2 is 1.90 bits per heavy atom. The quantitative estimate of drug-likeness (QED) is 0.527. The molecule has 0 aliphatic heterocycles. The molecule has 0 saturated heterocycles. The van der Waals surface area contributed by atoms with Gasteiger partial charge < -0.3 is 10.4 Å². The summed E-state index contributed by atoms with van der Waals surface area (Å²) in [6.45, 7) is 11.7. The highest BCUT2D eigenvalue weighted by molar-refractivity contribution is 5.25. The van der Waals surface area contributed by atoms with E-state index in [4.69, 9.17) is 0 Å². The number of aliphatic hydroxyl groups is 1. The van der Waals surface area contributed by atoms with E-state index >= 15 is 0 Å². The Hall–Kier alpha value is -0.340. The molecule has 4 aliphatic carbocycles. The fourth-order valence-corrected chi connectivity index (χ4v) is 8.66. The van der Waals surface area contributed by atoms with Gasteiger partial charge in [-0.2, -0.15) is 0 Å². The minimum absolute atomic E-state index is 0.474. The van der Waals surface area contributed by atoms with Gasteiger partial charge >= 0.3 is 0 Å². The third-order valence-corrected chi connectivity index (χ3v) is 10.5. The Labute approximate surface area is 180 Å². The third-order valence-electron chi connectivity index (χ3n) is 10.5. The zero-order valence-electron chi connectivity index (χ0n) is 20.1. The second kappa shape index (κ2) is 7.66. The van der Waals surface area contributed by atoms with E-state index in [0.717, 1.165) is 36.0 Å². The first-order valence-corrected chi connectivity index (χ1v) is 12.7. The molecule has 2 nitrogen and oxygen atoms in total. The molecular formula is C27H47NO. The van der Waals surface area contributed by atoms with Crippen LogP contribution in [0.25, 0.3) is 0 Å². The van der Waals surface area contributed by atoms with Gasteiger partial charge in [0.25, 0.3) is 0 Å². The molecule has 3 fully saturated rings. The highest BCUT2D eigenvalue weighted by atomic mass is 16.3. The molecule has 0 aromatic carbocycles. The maximum absolute atomic E-state index is 10.2. The summed E-state index contributed by atoms with van der Waals surface area (Å²) in [5.74, 6) is 4.36. The van der Waals surface area contributed by atoms with Crippen molar-refractivity contribution >= 4 is 0 Å². The Balaban J connectivity index is 1.51. The monoisotopic (exact) mass is 401 g/mol. The van der Waals surface area contributed by atoms with Crippen molar-refractivity contribution < 1.29 is 5.11 Å². The summed E-state index contributed by atoms with van der Waals surface area (Å²) in [5, 5.41) is 13.8. The van der Waals surface area contributed by atoms with Gasteiger partial charge in [0, 0.05) is 6.04 Å². The highest BCUT2D eigenvalue weighted by Gasteiger charge is 2.59. The fourth-order valence-electron chi connectivity index (χ4n) is 8.66. The largest absolute Gasteiger partial charge is 0.390 e. The van der Waals surface area contributed by atoms with Gasteiger partial charge in [0.1, 0.15) is 0 Å². The summed E-state index contributed by atoms with van der Waals surface area (Å²) < 4.78 is 0. The normalized spacial score (nSPS) is 45.8. The molecule has 8 atom stereocenters. The van der Waals surface area contributed by atoms with Crippen molar-refractivity contribution in [2.75, 3.05) is 7.05 Å². The third kappa shape index (κ3) is 3.75. The van der Waals surface area contributed by atoms with E-state index in [1.54, 1.807) is 5.57 Å². The summed E-state index contributed by atoms with van der Waals surface area (Å²) in [5.41, 5.74) is 2.28.